The van der Waals surface area contributed by atoms with E-state index in [1.165, 1.54) is 12.8 Å². The van der Waals surface area contributed by atoms with Crippen LogP contribution in [0.5, 0.6) is 0 Å². The van der Waals surface area contributed by atoms with Crippen LogP contribution in [0.1, 0.15) is 32.6 Å². The molecule has 3 N–H and O–H groups in total. The molecule has 3 aromatic rings. The number of aromatic nitrogens is 5. The van der Waals surface area contributed by atoms with E-state index in [4.69, 9.17) is 20.2 Å². The van der Waals surface area contributed by atoms with Gasteiger partial charge in [-0.2, -0.15) is 9.78 Å². The molecule has 170 valence electrons. The third-order valence-electron chi connectivity index (χ3n) is 7.31. The molecule has 3 fully saturated rings. The Bertz CT molecular complexity index is 1100. The molecule has 3 aromatic heterocycles. The zero-order valence-corrected chi connectivity index (χ0v) is 18.6. The summed E-state index contributed by atoms with van der Waals surface area (Å²) in [6, 6.07) is 5.23. The summed E-state index contributed by atoms with van der Waals surface area (Å²) >= 11 is 0. The molecule has 0 saturated carbocycles. The van der Waals surface area contributed by atoms with Crippen LogP contribution in [0, 0.1) is 0 Å². The van der Waals surface area contributed by atoms with E-state index in [2.05, 4.69) is 38.1 Å². The summed E-state index contributed by atoms with van der Waals surface area (Å²) < 4.78 is 13.2. The van der Waals surface area contributed by atoms with Gasteiger partial charge < -0.3 is 25.0 Å². The van der Waals surface area contributed by atoms with Crippen molar-refractivity contribution < 1.29 is 9.47 Å². The quantitative estimate of drug-likeness (QED) is 0.637. The van der Waals surface area contributed by atoms with Crippen molar-refractivity contribution in [3.8, 4) is 5.82 Å². The molecule has 2 bridgehead atoms. The number of aromatic amines is 1. The number of H-pyrrole nitrogens is 1. The number of nitrogens with zero attached hydrogens (tertiary/aromatic N) is 6. The number of nitrogen functional groups attached to an aromatic ring is 1. The van der Waals surface area contributed by atoms with Crippen LogP contribution in [0.4, 0.5) is 17.3 Å². The number of fused-ring (bicyclic) bond motifs is 3. The van der Waals surface area contributed by atoms with E-state index in [1.54, 1.807) is 10.9 Å². The number of pyridine rings is 1. The SMILES string of the molecule is COC1CC2CCC(C1)N2c1cc(N2CCOCC2C)nc2c1c(N)nn2-c1ccn[nH]1. The van der Waals surface area contributed by atoms with Gasteiger partial charge in [0.25, 0.3) is 0 Å². The first-order valence-corrected chi connectivity index (χ1v) is 11.5. The van der Waals surface area contributed by atoms with Crippen LogP contribution in [0.15, 0.2) is 18.3 Å². The first-order valence-electron chi connectivity index (χ1n) is 11.5. The molecule has 3 saturated heterocycles. The van der Waals surface area contributed by atoms with Gasteiger partial charge in [0.15, 0.2) is 17.3 Å². The molecule has 3 aliphatic rings. The van der Waals surface area contributed by atoms with Gasteiger partial charge in [-0.05, 0) is 32.6 Å². The van der Waals surface area contributed by atoms with E-state index in [-0.39, 0.29) is 6.04 Å². The van der Waals surface area contributed by atoms with Crippen molar-refractivity contribution in [3.63, 3.8) is 0 Å². The number of morpholine rings is 1. The summed E-state index contributed by atoms with van der Waals surface area (Å²) in [5.74, 6) is 2.18. The van der Waals surface area contributed by atoms with Gasteiger partial charge in [-0.15, -0.1) is 5.10 Å². The molecule has 0 aliphatic carbocycles. The van der Waals surface area contributed by atoms with Crippen LogP contribution in [0.25, 0.3) is 16.9 Å². The fourth-order valence-electron chi connectivity index (χ4n) is 5.78. The molecule has 0 aromatic carbocycles. The van der Waals surface area contributed by atoms with Crippen molar-refractivity contribution in [1.82, 2.24) is 25.0 Å². The van der Waals surface area contributed by atoms with Crippen molar-refractivity contribution >= 4 is 28.4 Å². The minimum Gasteiger partial charge on any atom is -0.382 e. The lowest BCUT2D eigenvalue weighted by Gasteiger charge is -2.41. The van der Waals surface area contributed by atoms with E-state index < -0.39 is 0 Å². The van der Waals surface area contributed by atoms with Gasteiger partial charge in [-0.1, -0.05) is 0 Å². The van der Waals surface area contributed by atoms with Gasteiger partial charge in [0.05, 0.1) is 42.6 Å². The topological polar surface area (TPSA) is 110 Å². The van der Waals surface area contributed by atoms with Crippen LogP contribution < -0.4 is 15.5 Å². The molecule has 0 amide bonds. The smallest absolute Gasteiger partial charge is 0.171 e. The molecule has 6 rings (SSSR count). The van der Waals surface area contributed by atoms with Gasteiger partial charge in [-0.3, -0.25) is 5.10 Å². The summed E-state index contributed by atoms with van der Waals surface area (Å²) in [7, 11) is 1.83. The van der Waals surface area contributed by atoms with Gasteiger partial charge in [-0.25, -0.2) is 4.98 Å². The van der Waals surface area contributed by atoms with Gasteiger partial charge in [0, 0.05) is 37.9 Å². The number of hydrogen-bond acceptors (Lipinski definition) is 8. The average molecular weight is 439 g/mol. The number of methoxy groups -OCH3 is 1. The average Bonchev–Trinajstić information content (AvgIpc) is 3.51. The standard InChI is InChI=1S/C22H30N8O2/c1-13-12-32-8-7-28(13)19-11-17(29-14-3-4-15(29)10-16(9-14)31-2)20-21(23)27-30(22(20)25-19)18-5-6-24-26-18/h5-6,11,13-16H,3-4,7-10,12H2,1-2H3,(H2,23,27)(H,24,26). The summed E-state index contributed by atoms with van der Waals surface area (Å²) in [4.78, 5) is 9.98. The number of rotatable bonds is 4. The lowest BCUT2D eigenvalue weighted by Crippen LogP contribution is -2.46. The number of anilines is 3. The Balaban J connectivity index is 1.54. The first-order chi connectivity index (χ1) is 15.6. The molecule has 0 radical (unpaired) electrons. The molecular weight excluding hydrogens is 408 g/mol. The maximum atomic E-state index is 6.52. The summed E-state index contributed by atoms with van der Waals surface area (Å²) in [5.41, 5.74) is 8.41. The van der Waals surface area contributed by atoms with Crippen molar-refractivity contribution in [2.75, 3.05) is 42.4 Å². The lowest BCUT2D eigenvalue weighted by molar-refractivity contribution is 0.0684. The zero-order valence-electron chi connectivity index (χ0n) is 18.6. The maximum Gasteiger partial charge on any atom is 0.171 e. The number of nitrogens with two attached hydrogens (primary N) is 1. The predicted octanol–water partition coefficient (Wildman–Crippen LogP) is 2.10. The highest BCUT2D eigenvalue weighted by Crippen LogP contribution is 2.45. The van der Waals surface area contributed by atoms with Crippen molar-refractivity contribution in [2.24, 2.45) is 0 Å². The summed E-state index contributed by atoms with van der Waals surface area (Å²) in [6.07, 6.45) is 6.45. The molecule has 3 unspecified atom stereocenters. The maximum absolute atomic E-state index is 6.52. The normalized spacial score (nSPS) is 28.1. The van der Waals surface area contributed by atoms with Gasteiger partial charge in [0.2, 0.25) is 0 Å². The van der Waals surface area contributed by atoms with Crippen LogP contribution in [0.3, 0.4) is 0 Å². The highest BCUT2D eigenvalue weighted by molar-refractivity contribution is 6.00. The summed E-state index contributed by atoms with van der Waals surface area (Å²) in [5, 5.41) is 12.7. The summed E-state index contributed by atoms with van der Waals surface area (Å²) in [6.45, 7) is 4.39. The monoisotopic (exact) mass is 438 g/mol. The molecule has 32 heavy (non-hydrogen) atoms. The fraction of sp³-hybridized carbons (Fsp3) is 0.591. The number of piperidine rings is 1. The van der Waals surface area contributed by atoms with Crippen molar-refractivity contribution in [3.05, 3.63) is 18.3 Å². The number of nitrogens with one attached hydrogen (secondary N) is 1. The Labute approximate surface area is 186 Å². The Morgan fingerprint density at radius 2 is 2.06 bits per heavy atom. The largest absolute Gasteiger partial charge is 0.382 e. The Morgan fingerprint density at radius 1 is 1.25 bits per heavy atom. The van der Waals surface area contributed by atoms with E-state index in [1.807, 2.05) is 13.2 Å². The highest BCUT2D eigenvalue weighted by Gasteiger charge is 2.42. The van der Waals surface area contributed by atoms with Crippen LogP contribution in [0.2, 0.25) is 0 Å². The van der Waals surface area contributed by atoms with E-state index in [9.17, 15) is 0 Å². The molecule has 3 aliphatic heterocycles. The molecule has 10 nitrogen and oxygen atoms in total. The second-order valence-corrected chi connectivity index (χ2v) is 9.18. The number of ether oxygens (including phenoxy) is 2. The van der Waals surface area contributed by atoms with E-state index in [0.29, 0.717) is 37.2 Å². The number of hydrogen-bond donors (Lipinski definition) is 2. The van der Waals surface area contributed by atoms with Gasteiger partial charge >= 0.3 is 0 Å². The highest BCUT2D eigenvalue weighted by atomic mass is 16.5. The van der Waals surface area contributed by atoms with Crippen molar-refractivity contribution in [2.45, 2.75) is 56.8 Å². The van der Waals surface area contributed by atoms with Crippen LogP contribution >= 0.6 is 0 Å². The van der Waals surface area contributed by atoms with E-state index in [0.717, 1.165) is 47.7 Å². The Morgan fingerprint density at radius 3 is 2.75 bits per heavy atom. The fourth-order valence-corrected chi connectivity index (χ4v) is 5.78. The van der Waals surface area contributed by atoms with Gasteiger partial charge in [0.1, 0.15) is 5.82 Å². The lowest BCUT2D eigenvalue weighted by atomic mass is 9.98. The minimum atomic E-state index is 0.248. The van der Waals surface area contributed by atoms with E-state index >= 15 is 0 Å². The second-order valence-electron chi connectivity index (χ2n) is 9.18. The Kier molecular flexibility index (Phi) is 4.72. The predicted molar refractivity (Wildman–Crippen MR) is 122 cm³/mol. The minimum absolute atomic E-state index is 0.248. The second kappa shape index (κ2) is 7.63. The molecule has 0 spiro atoms. The molecular formula is C22H30N8O2. The third-order valence-corrected chi connectivity index (χ3v) is 7.31. The molecule has 3 atom stereocenters. The Hall–Kier alpha value is -2.85. The van der Waals surface area contributed by atoms with Crippen LogP contribution in [-0.2, 0) is 9.47 Å². The first kappa shape index (κ1) is 19.8. The molecule has 6 heterocycles. The van der Waals surface area contributed by atoms with Crippen LogP contribution in [-0.4, -0.2) is 76.1 Å². The zero-order chi connectivity index (χ0) is 21.8. The van der Waals surface area contributed by atoms with Crippen molar-refractivity contribution in [1.29, 1.82) is 0 Å². The molecule has 10 heteroatoms. The third kappa shape index (κ3) is 3.04.